The predicted octanol–water partition coefficient (Wildman–Crippen LogP) is 3.54. The third-order valence-electron chi connectivity index (χ3n) is 2.44. The van der Waals surface area contributed by atoms with Crippen LogP contribution in [0.4, 0.5) is 10.1 Å². The fourth-order valence-corrected chi connectivity index (χ4v) is 1.89. The highest BCUT2D eigenvalue weighted by molar-refractivity contribution is 9.10. The molecular weight excluding hydrogens is 271 g/mol. The molecule has 0 saturated carbocycles. The summed E-state index contributed by atoms with van der Waals surface area (Å²) >= 11 is 3.38. The lowest BCUT2D eigenvalue weighted by molar-refractivity contribution is 0.628. The summed E-state index contributed by atoms with van der Waals surface area (Å²) in [6, 6.07) is 8.62. The van der Waals surface area contributed by atoms with Gasteiger partial charge in [0.1, 0.15) is 5.82 Å². The molecule has 0 radical (unpaired) electrons. The SMILES string of the molecule is Cn1cccc1CNc1cc(F)ccc1Br. The molecule has 1 N–H and O–H groups in total. The molecule has 0 bridgehead atoms. The van der Waals surface area contributed by atoms with Gasteiger partial charge in [-0.15, -0.1) is 0 Å². The Morgan fingerprint density at radius 3 is 2.88 bits per heavy atom. The molecule has 0 atom stereocenters. The highest BCUT2D eigenvalue weighted by atomic mass is 79.9. The first kappa shape index (κ1) is 11.2. The van der Waals surface area contributed by atoms with Gasteiger partial charge in [-0.25, -0.2) is 4.39 Å². The highest BCUT2D eigenvalue weighted by Gasteiger charge is 2.02. The summed E-state index contributed by atoms with van der Waals surface area (Å²) in [6.07, 6.45) is 1.98. The molecule has 0 unspecified atom stereocenters. The molecule has 0 aliphatic carbocycles. The number of rotatable bonds is 3. The molecule has 2 nitrogen and oxygen atoms in total. The second-order valence-corrected chi connectivity index (χ2v) is 4.44. The van der Waals surface area contributed by atoms with Gasteiger partial charge >= 0.3 is 0 Å². The molecule has 16 heavy (non-hydrogen) atoms. The van der Waals surface area contributed by atoms with Crippen LogP contribution >= 0.6 is 15.9 Å². The van der Waals surface area contributed by atoms with Gasteiger partial charge in [0, 0.05) is 23.4 Å². The standard InChI is InChI=1S/C12H12BrFN2/c1-16-6-2-3-10(16)8-15-12-7-9(14)4-5-11(12)13/h2-7,15H,8H2,1H3. The maximum atomic E-state index is 13.0. The number of anilines is 1. The zero-order valence-corrected chi connectivity index (χ0v) is 10.5. The normalized spacial score (nSPS) is 10.4. The molecule has 0 aliphatic rings. The lowest BCUT2D eigenvalue weighted by Gasteiger charge is -2.09. The molecule has 2 rings (SSSR count). The van der Waals surface area contributed by atoms with E-state index in [1.807, 2.05) is 29.9 Å². The molecule has 1 aromatic carbocycles. The van der Waals surface area contributed by atoms with Gasteiger partial charge in [-0.05, 0) is 46.3 Å². The quantitative estimate of drug-likeness (QED) is 0.911. The van der Waals surface area contributed by atoms with E-state index in [1.165, 1.54) is 12.1 Å². The Morgan fingerprint density at radius 2 is 2.19 bits per heavy atom. The van der Waals surface area contributed by atoms with E-state index >= 15 is 0 Å². The van der Waals surface area contributed by atoms with Gasteiger partial charge in [0.15, 0.2) is 0 Å². The lowest BCUT2D eigenvalue weighted by Crippen LogP contribution is -2.04. The van der Waals surface area contributed by atoms with E-state index in [-0.39, 0.29) is 5.82 Å². The molecule has 84 valence electrons. The van der Waals surface area contributed by atoms with Gasteiger partial charge in [-0.2, -0.15) is 0 Å². The molecule has 0 aliphatic heterocycles. The maximum absolute atomic E-state index is 13.0. The number of hydrogen-bond acceptors (Lipinski definition) is 1. The van der Waals surface area contributed by atoms with Crippen LogP contribution in [0.5, 0.6) is 0 Å². The van der Waals surface area contributed by atoms with Crippen molar-refractivity contribution in [1.82, 2.24) is 4.57 Å². The van der Waals surface area contributed by atoms with Crippen LogP contribution in [0.1, 0.15) is 5.69 Å². The number of aromatic nitrogens is 1. The van der Waals surface area contributed by atoms with Gasteiger partial charge in [-0.1, -0.05) is 0 Å². The molecule has 0 amide bonds. The minimum absolute atomic E-state index is 0.238. The molecule has 0 fully saturated rings. The van der Waals surface area contributed by atoms with Crippen molar-refractivity contribution < 1.29 is 4.39 Å². The Hall–Kier alpha value is -1.29. The van der Waals surface area contributed by atoms with E-state index in [0.717, 1.165) is 15.9 Å². The Balaban J connectivity index is 2.10. The zero-order chi connectivity index (χ0) is 11.5. The number of aryl methyl sites for hydroxylation is 1. The topological polar surface area (TPSA) is 17.0 Å². The lowest BCUT2D eigenvalue weighted by atomic mass is 10.3. The average Bonchev–Trinajstić information content (AvgIpc) is 2.66. The van der Waals surface area contributed by atoms with Crippen molar-refractivity contribution in [3.63, 3.8) is 0 Å². The van der Waals surface area contributed by atoms with Gasteiger partial charge < -0.3 is 9.88 Å². The molecular formula is C12H12BrFN2. The van der Waals surface area contributed by atoms with E-state index in [1.54, 1.807) is 6.07 Å². The Labute approximate surface area is 102 Å². The van der Waals surface area contributed by atoms with E-state index in [4.69, 9.17) is 0 Å². The molecule has 0 spiro atoms. The van der Waals surface area contributed by atoms with Gasteiger partial charge in [0.2, 0.25) is 0 Å². The smallest absolute Gasteiger partial charge is 0.125 e. The fourth-order valence-electron chi connectivity index (χ4n) is 1.50. The van der Waals surface area contributed by atoms with Crippen LogP contribution in [-0.2, 0) is 13.6 Å². The largest absolute Gasteiger partial charge is 0.378 e. The van der Waals surface area contributed by atoms with Crippen LogP contribution in [0.3, 0.4) is 0 Å². The summed E-state index contributed by atoms with van der Waals surface area (Å²) in [5.74, 6) is -0.238. The van der Waals surface area contributed by atoms with Crippen molar-refractivity contribution in [3.8, 4) is 0 Å². The maximum Gasteiger partial charge on any atom is 0.125 e. The van der Waals surface area contributed by atoms with E-state index in [2.05, 4.69) is 21.2 Å². The molecule has 4 heteroatoms. The van der Waals surface area contributed by atoms with E-state index in [9.17, 15) is 4.39 Å². The van der Waals surface area contributed by atoms with Crippen LogP contribution in [0.25, 0.3) is 0 Å². The van der Waals surface area contributed by atoms with Crippen molar-refractivity contribution >= 4 is 21.6 Å². The van der Waals surface area contributed by atoms with Crippen LogP contribution in [0, 0.1) is 5.82 Å². The number of benzene rings is 1. The van der Waals surface area contributed by atoms with Crippen molar-refractivity contribution in [1.29, 1.82) is 0 Å². The third-order valence-corrected chi connectivity index (χ3v) is 3.13. The minimum atomic E-state index is -0.238. The predicted molar refractivity (Wildman–Crippen MR) is 66.8 cm³/mol. The summed E-state index contributed by atoms with van der Waals surface area (Å²) in [7, 11) is 1.98. The highest BCUT2D eigenvalue weighted by Crippen LogP contribution is 2.23. The first-order valence-corrected chi connectivity index (χ1v) is 5.75. The Kier molecular flexibility index (Phi) is 3.29. The molecule has 2 aromatic rings. The van der Waals surface area contributed by atoms with Crippen LogP contribution in [0.15, 0.2) is 41.0 Å². The van der Waals surface area contributed by atoms with Crippen LogP contribution < -0.4 is 5.32 Å². The number of nitrogens with zero attached hydrogens (tertiary/aromatic N) is 1. The minimum Gasteiger partial charge on any atom is -0.378 e. The van der Waals surface area contributed by atoms with Gasteiger partial charge in [-0.3, -0.25) is 0 Å². The monoisotopic (exact) mass is 282 g/mol. The van der Waals surface area contributed by atoms with Crippen molar-refractivity contribution in [3.05, 3.63) is 52.5 Å². The van der Waals surface area contributed by atoms with Crippen molar-refractivity contribution in [2.75, 3.05) is 5.32 Å². The van der Waals surface area contributed by atoms with Crippen LogP contribution in [0.2, 0.25) is 0 Å². The van der Waals surface area contributed by atoms with E-state index < -0.39 is 0 Å². The average molecular weight is 283 g/mol. The Bertz CT molecular complexity index is 494. The second-order valence-electron chi connectivity index (χ2n) is 3.59. The summed E-state index contributed by atoms with van der Waals surface area (Å²) in [5.41, 5.74) is 1.91. The second kappa shape index (κ2) is 4.70. The summed E-state index contributed by atoms with van der Waals surface area (Å²) in [5, 5.41) is 3.19. The summed E-state index contributed by atoms with van der Waals surface area (Å²) in [4.78, 5) is 0. The first-order valence-electron chi connectivity index (χ1n) is 4.96. The summed E-state index contributed by atoms with van der Waals surface area (Å²) in [6.45, 7) is 0.672. The first-order chi connectivity index (χ1) is 7.66. The van der Waals surface area contributed by atoms with Crippen molar-refractivity contribution in [2.24, 2.45) is 7.05 Å². The van der Waals surface area contributed by atoms with Gasteiger partial charge in [0.05, 0.1) is 12.2 Å². The van der Waals surface area contributed by atoms with Crippen molar-refractivity contribution in [2.45, 2.75) is 6.54 Å². The number of nitrogens with one attached hydrogen (secondary N) is 1. The fraction of sp³-hybridized carbons (Fsp3) is 0.167. The number of halogens is 2. The molecule has 1 heterocycles. The summed E-state index contributed by atoms with van der Waals surface area (Å²) < 4.78 is 15.9. The third kappa shape index (κ3) is 2.44. The van der Waals surface area contributed by atoms with Crippen LogP contribution in [-0.4, -0.2) is 4.57 Å². The van der Waals surface area contributed by atoms with Gasteiger partial charge in [0.25, 0.3) is 0 Å². The molecule has 1 aromatic heterocycles. The van der Waals surface area contributed by atoms with E-state index in [0.29, 0.717) is 6.54 Å². The molecule has 0 saturated heterocycles. The Morgan fingerprint density at radius 1 is 1.38 bits per heavy atom. The number of hydrogen-bond donors (Lipinski definition) is 1. The zero-order valence-electron chi connectivity index (χ0n) is 8.87.